The van der Waals surface area contributed by atoms with Crippen molar-refractivity contribution < 1.29 is 22.5 Å². The SMILES string of the molecule is Cc1c(-c2ccc(C(=O)N[C@H]3CN4CCC3CC4)s2)noc1C(F)(F)F. The van der Waals surface area contributed by atoms with Gasteiger partial charge in [-0.3, -0.25) is 4.79 Å². The second kappa shape index (κ2) is 6.38. The van der Waals surface area contributed by atoms with Gasteiger partial charge in [-0.1, -0.05) is 5.16 Å². The highest BCUT2D eigenvalue weighted by atomic mass is 32.1. The number of amides is 1. The van der Waals surface area contributed by atoms with Crippen LogP contribution < -0.4 is 5.32 Å². The summed E-state index contributed by atoms with van der Waals surface area (Å²) < 4.78 is 43.0. The minimum Gasteiger partial charge on any atom is -0.351 e. The molecule has 140 valence electrons. The van der Waals surface area contributed by atoms with Gasteiger partial charge >= 0.3 is 6.18 Å². The summed E-state index contributed by atoms with van der Waals surface area (Å²) in [6.45, 7) is 4.37. The minimum absolute atomic E-state index is 0.0660. The van der Waals surface area contributed by atoms with Gasteiger partial charge in [0.1, 0.15) is 5.69 Å². The molecule has 0 spiro atoms. The number of carbonyl (C=O) groups is 1. The van der Waals surface area contributed by atoms with Crippen LogP contribution in [0.5, 0.6) is 0 Å². The van der Waals surface area contributed by atoms with Crippen LogP contribution in [0.2, 0.25) is 0 Å². The van der Waals surface area contributed by atoms with Crippen molar-refractivity contribution in [3.05, 3.63) is 28.3 Å². The molecule has 26 heavy (non-hydrogen) atoms. The first-order chi connectivity index (χ1) is 12.3. The number of carbonyl (C=O) groups excluding carboxylic acids is 1. The summed E-state index contributed by atoms with van der Waals surface area (Å²) in [5.74, 6) is -0.771. The average Bonchev–Trinajstić information content (AvgIpc) is 3.22. The summed E-state index contributed by atoms with van der Waals surface area (Å²) in [5.41, 5.74) is 0.0629. The zero-order valence-electron chi connectivity index (χ0n) is 14.1. The van der Waals surface area contributed by atoms with Crippen LogP contribution in [0.15, 0.2) is 16.7 Å². The third-order valence-electron chi connectivity index (χ3n) is 5.22. The number of aromatic nitrogens is 1. The van der Waals surface area contributed by atoms with E-state index in [1.807, 2.05) is 0 Å². The maximum absolute atomic E-state index is 12.8. The summed E-state index contributed by atoms with van der Waals surface area (Å²) in [5, 5.41) is 6.63. The Bertz CT molecular complexity index is 822. The van der Waals surface area contributed by atoms with E-state index in [2.05, 4.69) is 19.9 Å². The molecule has 1 atom stereocenters. The van der Waals surface area contributed by atoms with E-state index >= 15 is 0 Å². The zero-order valence-corrected chi connectivity index (χ0v) is 14.9. The fourth-order valence-corrected chi connectivity index (χ4v) is 4.73. The van der Waals surface area contributed by atoms with Gasteiger partial charge in [0.15, 0.2) is 0 Å². The Morgan fingerprint density at radius 3 is 2.65 bits per heavy atom. The maximum atomic E-state index is 12.8. The van der Waals surface area contributed by atoms with Gasteiger partial charge < -0.3 is 14.7 Å². The molecule has 1 amide bonds. The van der Waals surface area contributed by atoms with Gasteiger partial charge in [-0.05, 0) is 50.9 Å². The fourth-order valence-electron chi connectivity index (χ4n) is 3.79. The van der Waals surface area contributed by atoms with Crippen LogP contribution in [0, 0.1) is 12.8 Å². The van der Waals surface area contributed by atoms with Crippen molar-refractivity contribution in [1.82, 2.24) is 15.4 Å². The smallest absolute Gasteiger partial charge is 0.351 e. The molecule has 5 rings (SSSR count). The number of fused-ring (bicyclic) bond motifs is 3. The number of halogens is 3. The maximum Gasteiger partial charge on any atom is 0.452 e. The summed E-state index contributed by atoms with van der Waals surface area (Å²) in [6.07, 6.45) is -2.39. The molecule has 5 nitrogen and oxygen atoms in total. The Labute approximate surface area is 152 Å². The molecular formula is C17H18F3N3O2S. The van der Waals surface area contributed by atoms with E-state index in [1.54, 1.807) is 12.1 Å². The van der Waals surface area contributed by atoms with Gasteiger partial charge in [0.05, 0.1) is 9.75 Å². The predicted octanol–water partition coefficient (Wildman–Crippen LogP) is 3.55. The Hall–Kier alpha value is -1.87. The summed E-state index contributed by atoms with van der Waals surface area (Å²) in [4.78, 5) is 15.8. The molecule has 0 aromatic carbocycles. The number of nitrogens with one attached hydrogen (secondary N) is 1. The molecule has 2 aromatic heterocycles. The molecule has 2 bridgehead atoms. The Morgan fingerprint density at radius 1 is 1.35 bits per heavy atom. The number of piperidine rings is 3. The van der Waals surface area contributed by atoms with E-state index in [-0.39, 0.29) is 23.2 Å². The van der Waals surface area contributed by atoms with E-state index in [1.165, 1.54) is 6.92 Å². The van der Waals surface area contributed by atoms with Crippen LogP contribution in [-0.4, -0.2) is 41.6 Å². The van der Waals surface area contributed by atoms with E-state index in [0.29, 0.717) is 15.7 Å². The average molecular weight is 385 g/mol. The van der Waals surface area contributed by atoms with Gasteiger partial charge in [0.25, 0.3) is 5.91 Å². The zero-order chi connectivity index (χ0) is 18.5. The van der Waals surface area contributed by atoms with E-state index in [9.17, 15) is 18.0 Å². The van der Waals surface area contributed by atoms with Crippen molar-refractivity contribution in [2.75, 3.05) is 19.6 Å². The largest absolute Gasteiger partial charge is 0.452 e. The Morgan fingerprint density at radius 2 is 2.08 bits per heavy atom. The first-order valence-electron chi connectivity index (χ1n) is 8.50. The summed E-state index contributed by atoms with van der Waals surface area (Å²) >= 11 is 1.13. The highest BCUT2D eigenvalue weighted by Gasteiger charge is 2.39. The van der Waals surface area contributed by atoms with Gasteiger partial charge in [0, 0.05) is 18.2 Å². The summed E-state index contributed by atoms with van der Waals surface area (Å²) in [7, 11) is 0. The van der Waals surface area contributed by atoms with Crippen molar-refractivity contribution in [3.8, 4) is 10.6 Å². The molecule has 2 aromatic rings. The van der Waals surface area contributed by atoms with Crippen LogP contribution >= 0.6 is 11.3 Å². The lowest BCUT2D eigenvalue weighted by atomic mass is 9.84. The molecule has 1 N–H and O–H groups in total. The van der Waals surface area contributed by atoms with Crippen LogP contribution in [0.1, 0.15) is 33.8 Å². The molecule has 0 saturated carbocycles. The topological polar surface area (TPSA) is 58.4 Å². The number of nitrogens with zero attached hydrogens (tertiary/aromatic N) is 2. The van der Waals surface area contributed by atoms with Crippen LogP contribution in [0.25, 0.3) is 10.6 Å². The third-order valence-corrected chi connectivity index (χ3v) is 6.31. The van der Waals surface area contributed by atoms with Crippen LogP contribution in [0.3, 0.4) is 0 Å². The highest BCUT2D eigenvalue weighted by molar-refractivity contribution is 7.17. The standard InChI is InChI=1S/C17H18F3N3O2S/c1-9-14(22-25-15(9)17(18,19)20)12-2-3-13(26-12)16(24)21-11-8-23-6-4-10(11)5-7-23/h2-3,10-11H,4-8H2,1H3,(H,21,24)/t11-/m0/s1. The molecule has 0 aliphatic carbocycles. The van der Waals surface area contributed by atoms with E-state index in [4.69, 9.17) is 0 Å². The van der Waals surface area contributed by atoms with Crippen molar-refractivity contribution in [2.45, 2.75) is 32.0 Å². The normalized spacial score (nSPS) is 25.5. The number of rotatable bonds is 3. The van der Waals surface area contributed by atoms with Crippen molar-refractivity contribution in [1.29, 1.82) is 0 Å². The molecular weight excluding hydrogens is 367 g/mol. The Balaban J connectivity index is 1.50. The first-order valence-corrected chi connectivity index (χ1v) is 9.31. The van der Waals surface area contributed by atoms with Crippen molar-refractivity contribution in [3.63, 3.8) is 0 Å². The molecule has 3 aliphatic rings. The lowest BCUT2D eigenvalue weighted by Crippen LogP contribution is -2.57. The molecule has 0 unspecified atom stereocenters. The lowest BCUT2D eigenvalue weighted by molar-refractivity contribution is -0.156. The number of hydrogen-bond acceptors (Lipinski definition) is 5. The quantitative estimate of drug-likeness (QED) is 0.878. The molecule has 5 heterocycles. The van der Waals surface area contributed by atoms with Gasteiger partial charge in [-0.25, -0.2) is 0 Å². The second-order valence-electron chi connectivity index (χ2n) is 6.86. The van der Waals surface area contributed by atoms with Gasteiger partial charge in [0.2, 0.25) is 5.76 Å². The van der Waals surface area contributed by atoms with Crippen LogP contribution in [0.4, 0.5) is 13.2 Å². The lowest BCUT2D eigenvalue weighted by Gasteiger charge is -2.44. The number of hydrogen-bond donors (Lipinski definition) is 1. The molecule has 3 saturated heterocycles. The van der Waals surface area contributed by atoms with E-state index in [0.717, 1.165) is 43.8 Å². The van der Waals surface area contributed by atoms with E-state index < -0.39 is 11.9 Å². The third kappa shape index (κ3) is 3.14. The minimum atomic E-state index is -4.58. The monoisotopic (exact) mass is 385 g/mol. The molecule has 0 radical (unpaired) electrons. The fraction of sp³-hybridized carbons (Fsp3) is 0.529. The van der Waals surface area contributed by atoms with Gasteiger partial charge in [-0.2, -0.15) is 13.2 Å². The molecule has 3 fully saturated rings. The summed E-state index contributed by atoms with van der Waals surface area (Å²) in [6, 6.07) is 3.38. The molecule has 3 aliphatic heterocycles. The van der Waals surface area contributed by atoms with Crippen molar-refractivity contribution in [2.24, 2.45) is 5.92 Å². The van der Waals surface area contributed by atoms with Crippen LogP contribution in [-0.2, 0) is 6.18 Å². The second-order valence-corrected chi connectivity index (χ2v) is 7.95. The Kier molecular flexibility index (Phi) is 4.31. The van der Waals surface area contributed by atoms with Gasteiger partial charge in [-0.15, -0.1) is 11.3 Å². The first kappa shape index (κ1) is 17.5. The highest BCUT2D eigenvalue weighted by Crippen LogP contribution is 2.38. The molecule has 9 heteroatoms. The van der Waals surface area contributed by atoms with Crippen molar-refractivity contribution >= 4 is 17.2 Å². The number of thiophene rings is 1. The predicted molar refractivity (Wildman–Crippen MR) is 90.0 cm³/mol. The number of alkyl halides is 3.